The number of ether oxygens (including phenoxy) is 1. The van der Waals surface area contributed by atoms with Crippen molar-refractivity contribution in [3.63, 3.8) is 0 Å². The third-order valence-electron chi connectivity index (χ3n) is 5.58. The molecule has 1 aliphatic carbocycles. The second-order valence-corrected chi connectivity index (χ2v) is 7.90. The van der Waals surface area contributed by atoms with Gasteiger partial charge in [-0.15, -0.1) is 0 Å². The van der Waals surface area contributed by atoms with Gasteiger partial charge in [0.1, 0.15) is 17.9 Å². The van der Waals surface area contributed by atoms with Crippen LogP contribution >= 0.6 is 0 Å². The van der Waals surface area contributed by atoms with Gasteiger partial charge in [0.2, 0.25) is 0 Å². The predicted molar refractivity (Wildman–Crippen MR) is 103 cm³/mol. The SMILES string of the molecule is CC(C)n1nccc1NC(=O)COC(=O)CN1C(=O)N[C@]2(CCCC[C@H]2C)C1=O. The minimum Gasteiger partial charge on any atom is -0.454 e. The molecule has 4 amide bonds. The minimum atomic E-state index is -0.928. The molecule has 1 aromatic heterocycles. The van der Waals surface area contributed by atoms with Gasteiger partial charge in [0.25, 0.3) is 11.8 Å². The molecule has 158 valence electrons. The number of rotatable bonds is 6. The van der Waals surface area contributed by atoms with Crippen molar-refractivity contribution in [2.75, 3.05) is 18.5 Å². The number of nitrogens with one attached hydrogen (secondary N) is 2. The molecule has 1 saturated carbocycles. The maximum atomic E-state index is 12.8. The summed E-state index contributed by atoms with van der Waals surface area (Å²) in [4.78, 5) is 50.2. The predicted octanol–water partition coefficient (Wildman–Crippen LogP) is 1.45. The van der Waals surface area contributed by atoms with Crippen LogP contribution in [0.15, 0.2) is 12.3 Å². The van der Waals surface area contributed by atoms with Gasteiger partial charge < -0.3 is 15.4 Å². The zero-order chi connectivity index (χ0) is 21.2. The molecule has 1 aromatic rings. The van der Waals surface area contributed by atoms with Crippen molar-refractivity contribution in [2.24, 2.45) is 5.92 Å². The first-order valence-corrected chi connectivity index (χ1v) is 9.87. The maximum absolute atomic E-state index is 12.8. The van der Waals surface area contributed by atoms with Gasteiger partial charge in [0.15, 0.2) is 6.61 Å². The normalized spacial score (nSPS) is 24.1. The van der Waals surface area contributed by atoms with Gasteiger partial charge in [0, 0.05) is 12.1 Å². The molecular formula is C19H27N5O5. The molecule has 2 atom stereocenters. The fourth-order valence-corrected chi connectivity index (χ4v) is 3.96. The van der Waals surface area contributed by atoms with Crippen LogP contribution in [0.4, 0.5) is 10.6 Å². The summed E-state index contributed by atoms with van der Waals surface area (Å²) < 4.78 is 6.58. The highest BCUT2D eigenvalue weighted by molar-refractivity contribution is 6.09. The van der Waals surface area contributed by atoms with Crippen LogP contribution in [0, 0.1) is 5.92 Å². The number of aromatic nitrogens is 2. The number of urea groups is 1. The fraction of sp³-hybridized carbons (Fsp3) is 0.632. The lowest BCUT2D eigenvalue weighted by molar-refractivity contribution is -0.150. The van der Waals surface area contributed by atoms with Crippen molar-refractivity contribution < 1.29 is 23.9 Å². The van der Waals surface area contributed by atoms with E-state index in [1.54, 1.807) is 16.9 Å². The fourth-order valence-electron chi connectivity index (χ4n) is 3.96. The highest BCUT2D eigenvalue weighted by Gasteiger charge is 2.55. The van der Waals surface area contributed by atoms with E-state index in [-0.39, 0.29) is 12.0 Å². The van der Waals surface area contributed by atoms with Crippen LogP contribution in [-0.2, 0) is 19.1 Å². The number of anilines is 1. The van der Waals surface area contributed by atoms with E-state index >= 15 is 0 Å². The van der Waals surface area contributed by atoms with Crippen LogP contribution in [-0.4, -0.2) is 57.2 Å². The van der Waals surface area contributed by atoms with Crippen LogP contribution in [0.1, 0.15) is 52.5 Å². The molecule has 29 heavy (non-hydrogen) atoms. The Labute approximate surface area is 168 Å². The maximum Gasteiger partial charge on any atom is 0.326 e. The van der Waals surface area contributed by atoms with Crippen molar-refractivity contribution in [3.8, 4) is 0 Å². The Balaban J connectivity index is 1.53. The Morgan fingerprint density at radius 1 is 1.38 bits per heavy atom. The summed E-state index contributed by atoms with van der Waals surface area (Å²) >= 11 is 0. The molecule has 0 aromatic carbocycles. The molecule has 2 fully saturated rings. The molecule has 3 rings (SSSR count). The number of amides is 4. The average molecular weight is 405 g/mol. The van der Waals surface area contributed by atoms with Crippen molar-refractivity contribution in [1.29, 1.82) is 0 Å². The monoisotopic (exact) mass is 405 g/mol. The lowest BCUT2D eigenvalue weighted by Gasteiger charge is -2.36. The molecule has 1 aliphatic heterocycles. The highest BCUT2D eigenvalue weighted by atomic mass is 16.5. The molecule has 10 heteroatoms. The second kappa shape index (κ2) is 8.22. The summed E-state index contributed by atoms with van der Waals surface area (Å²) in [6, 6.07) is 1.10. The van der Waals surface area contributed by atoms with E-state index in [0.717, 1.165) is 24.2 Å². The first kappa shape index (κ1) is 20.8. The first-order valence-electron chi connectivity index (χ1n) is 9.87. The third kappa shape index (κ3) is 4.10. The lowest BCUT2D eigenvalue weighted by Crippen LogP contribution is -2.54. The Morgan fingerprint density at radius 2 is 2.14 bits per heavy atom. The Hall–Kier alpha value is -2.91. The van der Waals surface area contributed by atoms with Crippen LogP contribution in [0.3, 0.4) is 0 Å². The van der Waals surface area contributed by atoms with E-state index in [9.17, 15) is 19.2 Å². The molecule has 1 spiro atoms. The zero-order valence-electron chi connectivity index (χ0n) is 16.9. The summed E-state index contributed by atoms with van der Waals surface area (Å²) in [5.74, 6) is -1.25. The van der Waals surface area contributed by atoms with Crippen LogP contribution in [0.25, 0.3) is 0 Å². The lowest BCUT2D eigenvalue weighted by atomic mass is 9.73. The molecule has 2 heterocycles. The average Bonchev–Trinajstić information content (AvgIpc) is 3.22. The van der Waals surface area contributed by atoms with Gasteiger partial charge in [-0.25, -0.2) is 9.48 Å². The van der Waals surface area contributed by atoms with Gasteiger partial charge in [-0.1, -0.05) is 19.8 Å². The van der Waals surface area contributed by atoms with Crippen molar-refractivity contribution in [1.82, 2.24) is 20.0 Å². The molecule has 0 radical (unpaired) electrons. The summed E-state index contributed by atoms with van der Waals surface area (Å²) in [7, 11) is 0. The van der Waals surface area contributed by atoms with Crippen LogP contribution < -0.4 is 10.6 Å². The third-order valence-corrected chi connectivity index (χ3v) is 5.58. The summed E-state index contributed by atoms with van der Waals surface area (Å²) in [5, 5.41) is 9.49. The Morgan fingerprint density at radius 3 is 2.83 bits per heavy atom. The molecule has 0 unspecified atom stereocenters. The molecule has 1 saturated heterocycles. The summed E-state index contributed by atoms with van der Waals surface area (Å²) in [6.07, 6.45) is 4.83. The molecule has 2 N–H and O–H groups in total. The van der Waals surface area contributed by atoms with Gasteiger partial charge >= 0.3 is 12.0 Å². The topological polar surface area (TPSA) is 123 Å². The highest BCUT2D eigenvalue weighted by Crippen LogP contribution is 2.38. The number of imide groups is 1. The van der Waals surface area contributed by atoms with E-state index in [0.29, 0.717) is 12.2 Å². The number of nitrogens with zero attached hydrogens (tertiary/aromatic N) is 3. The number of esters is 1. The van der Waals surface area contributed by atoms with Crippen LogP contribution in [0.5, 0.6) is 0 Å². The molecule has 2 aliphatic rings. The molecular weight excluding hydrogens is 378 g/mol. The van der Waals surface area contributed by atoms with Gasteiger partial charge in [-0.2, -0.15) is 5.10 Å². The number of carbonyl (C=O) groups is 4. The van der Waals surface area contributed by atoms with Crippen LogP contribution in [0.2, 0.25) is 0 Å². The first-order chi connectivity index (χ1) is 13.7. The molecule has 0 bridgehead atoms. The van der Waals surface area contributed by atoms with Gasteiger partial charge in [-0.05, 0) is 32.6 Å². The van der Waals surface area contributed by atoms with E-state index < -0.39 is 42.5 Å². The van der Waals surface area contributed by atoms with Crippen molar-refractivity contribution in [2.45, 2.75) is 58.0 Å². The largest absolute Gasteiger partial charge is 0.454 e. The summed E-state index contributed by atoms with van der Waals surface area (Å²) in [5.41, 5.74) is -0.928. The number of hydrogen-bond acceptors (Lipinski definition) is 6. The Bertz CT molecular complexity index is 820. The van der Waals surface area contributed by atoms with Gasteiger partial charge in [-0.3, -0.25) is 19.3 Å². The standard InChI is InChI=1S/C19H27N5O5/c1-12(2)24-14(7-9-20-24)21-15(25)11-29-16(26)10-23-17(27)19(22-18(23)28)8-5-4-6-13(19)3/h7,9,12-13H,4-6,8,10-11H2,1-3H3,(H,21,25)(H,22,28)/t13-,19+/m1/s1. The number of hydrogen-bond donors (Lipinski definition) is 2. The number of carbonyl (C=O) groups excluding carboxylic acids is 4. The molecule has 10 nitrogen and oxygen atoms in total. The summed E-state index contributed by atoms with van der Waals surface area (Å²) in [6.45, 7) is 4.73. The second-order valence-electron chi connectivity index (χ2n) is 7.90. The Kier molecular flexibility index (Phi) is 5.90. The quantitative estimate of drug-likeness (QED) is 0.545. The van der Waals surface area contributed by atoms with Gasteiger partial charge in [0.05, 0.1) is 6.20 Å². The van der Waals surface area contributed by atoms with Crippen molar-refractivity contribution in [3.05, 3.63) is 12.3 Å². The van der Waals surface area contributed by atoms with E-state index in [4.69, 9.17) is 4.74 Å². The van der Waals surface area contributed by atoms with E-state index in [2.05, 4.69) is 15.7 Å². The van der Waals surface area contributed by atoms with E-state index in [1.165, 1.54) is 0 Å². The smallest absolute Gasteiger partial charge is 0.326 e. The zero-order valence-corrected chi connectivity index (χ0v) is 16.9. The van der Waals surface area contributed by atoms with Crippen molar-refractivity contribution >= 4 is 29.6 Å². The van der Waals surface area contributed by atoms with E-state index in [1.807, 2.05) is 20.8 Å². The minimum absolute atomic E-state index is 0.00491.